The summed E-state index contributed by atoms with van der Waals surface area (Å²) in [5.74, 6) is 0.0652. The lowest BCUT2D eigenvalue weighted by Crippen LogP contribution is -2.44. The van der Waals surface area contributed by atoms with Crippen LogP contribution in [0.5, 0.6) is 0 Å². The first-order valence-corrected chi connectivity index (χ1v) is 6.92. The van der Waals surface area contributed by atoms with Crippen LogP contribution < -0.4 is 11.1 Å². The van der Waals surface area contributed by atoms with Crippen LogP contribution in [0.1, 0.15) is 36.3 Å². The van der Waals surface area contributed by atoms with Crippen LogP contribution in [0.4, 0.5) is 5.82 Å². The van der Waals surface area contributed by atoms with E-state index >= 15 is 0 Å². The molecule has 0 bridgehead atoms. The average Bonchev–Trinajstić information content (AvgIpc) is 2.46. The third-order valence-corrected chi connectivity index (χ3v) is 3.25. The van der Waals surface area contributed by atoms with E-state index in [1.807, 2.05) is 32.0 Å². The van der Waals surface area contributed by atoms with Gasteiger partial charge in [0, 0.05) is 5.54 Å². The number of aromatic nitrogens is 2. The van der Waals surface area contributed by atoms with Gasteiger partial charge in [0.05, 0.1) is 0 Å². The van der Waals surface area contributed by atoms with Crippen molar-refractivity contribution in [2.75, 3.05) is 5.73 Å². The van der Waals surface area contributed by atoms with E-state index in [4.69, 9.17) is 5.73 Å². The molecule has 2 rings (SSSR count). The monoisotopic (exact) mass is 284 g/mol. The number of carbonyl (C=O) groups is 1. The van der Waals surface area contributed by atoms with Crippen LogP contribution in [-0.4, -0.2) is 21.6 Å². The van der Waals surface area contributed by atoms with Crippen LogP contribution in [0.2, 0.25) is 0 Å². The predicted molar refractivity (Wildman–Crippen MR) is 82.8 cm³/mol. The normalized spacial score (nSPS) is 11.1. The summed E-state index contributed by atoms with van der Waals surface area (Å²) in [4.78, 5) is 12.1. The van der Waals surface area contributed by atoms with Crippen molar-refractivity contribution in [3.05, 3.63) is 53.7 Å². The maximum Gasteiger partial charge on any atom is 0.272 e. The lowest BCUT2D eigenvalue weighted by molar-refractivity contribution is 0.0903. The molecule has 0 atom stereocenters. The second-order valence-corrected chi connectivity index (χ2v) is 5.67. The van der Waals surface area contributed by atoms with Crippen LogP contribution in [0.25, 0.3) is 0 Å². The zero-order chi connectivity index (χ0) is 15.3. The first-order chi connectivity index (χ1) is 9.96. The number of benzene rings is 1. The maximum absolute atomic E-state index is 12.1. The summed E-state index contributed by atoms with van der Waals surface area (Å²) in [5, 5.41) is 10.5. The van der Waals surface area contributed by atoms with Gasteiger partial charge in [0.2, 0.25) is 0 Å². The van der Waals surface area contributed by atoms with E-state index in [1.165, 1.54) is 5.56 Å². The largest absolute Gasteiger partial charge is 0.382 e. The van der Waals surface area contributed by atoms with Crippen molar-refractivity contribution >= 4 is 11.7 Å². The van der Waals surface area contributed by atoms with Gasteiger partial charge in [0.25, 0.3) is 5.91 Å². The fourth-order valence-electron chi connectivity index (χ4n) is 2.00. The Morgan fingerprint density at radius 2 is 1.86 bits per heavy atom. The third kappa shape index (κ3) is 4.56. The number of carbonyl (C=O) groups excluding carboxylic acids is 1. The number of rotatable bonds is 5. The van der Waals surface area contributed by atoms with Crippen molar-refractivity contribution in [1.82, 2.24) is 15.5 Å². The zero-order valence-corrected chi connectivity index (χ0v) is 12.3. The lowest BCUT2D eigenvalue weighted by Gasteiger charge is -2.26. The number of nitrogens with zero attached hydrogens (tertiary/aromatic N) is 2. The second kappa shape index (κ2) is 6.35. The van der Waals surface area contributed by atoms with E-state index in [0.717, 1.165) is 12.8 Å². The van der Waals surface area contributed by atoms with Gasteiger partial charge in [-0.3, -0.25) is 4.79 Å². The van der Waals surface area contributed by atoms with E-state index in [0.29, 0.717) is 5.82 Å². The second-order valence-electron chi connectivity index (χ2n) is 5.67. The molecule has 0 unspecified atom stereocenters. The van der Waals surface area contributed by atoms with Gasteiger partial charge in [-0.05, 0) is 44.4 Å². The Balaban J connectivity index is 1.93. The molecule has 3 N–H and O–H groups in total. The van der Waals surface area contributed by atoms with Crippen LogP contribution >= 0.6 is 0 Å². The minimum Gasteiger partial charge on any atom is -0.382 e. The van der Waals surface area contributed by atoms with Gasteiger partial charge >= 0.3 is 0 Å². The molecule has 0 aliphatic rings. The van der Waals surface area contributed by atoms with Crippen molar-refractivity contribution in [3.8, 4) is 0 Å². The molecule has 5 nitrogen and oxygen atoms in total. The van der Waals surface area contributed by atoms with Crippen molar-refractivity contribution in [3.63, 3.8) is 0 Å². The first kappa shape index (κ1) is 15.0. The van der Waals surface area contributed by atoms with Crippen LogP contribution in [-0.2, 0) is 6.42 Å². The smallest absolute Gasteiger partial charge is 0.272 e. The quantitative estimate of drug-likeness (QED) is 0.882. The van der Waals surface area contributed by atoms with E-state index < -0.39 is 0 Å². The molecule has 1 amide bonds. The summed E-state index contributed by atoms with van der Waals surface area (Å²) < 4.78 is 0. The van der Waals surface area contributed by atoms with Gasteiger partial charge in [-0.1, -0.05) is 30.3 Å². The number of anilines is 1. The zero-order valence-electron chi connectivity index (χ0n) is 12.3. The summed E-state index contributed by atoms with van der Waals surface area (Å²) in [6.45, 7) is 4.00. The Morgan fingerprint density at radius 3 is 2.48 bits per heavy atom. The highest BCUT2D eigenvalue weighted by Gasteiger charge is 2.21. The SMILES string of the molecule is CC(C)(CCc1ccccc1)NC(=O)c1ccc(N)nn1. The third-order valence-electron chi connectivity index (χ3n) is 3.25. The molecule has 0 aliphatic heterocycles. The van der Waals surface area contributed by atoms with E-state index in [2.05, 4.69) is 27.6 Å². The van der Waals surface area contributed by atoms with E-state index in [1.54, 1.807) is 12.1 Å². The minimum atomic E-state index is -0.323. The number of nitrogens with one attached hydrogen (secondary N) is 1. The number of nitrogens with two attached hydrogens (primary N) is 1. The lowest BCUT2D eigenvalue weighted by atomic mass is 9.95. The first-order valence-electron chi connectivity index (χ1n) is 6.92. The molecule has 2 aromatic rings. The molecule has 1 heterocycles. The highest BCUT2D eigenvalue weighted by atomic mass is 16.2. The Morgan fingerprint density at radius 1 is 1.14 bits per heavy atom. The molecule has 5 heteroatoms. The van der Waals surface area contributed by atoms with Crippen molar-refractivity contribution in [1.29, 1.82) is 0 Å². The average molecular weight is 284 g/mol. The van der Waals surface area contributed by atoms with Gasteiger partial charge in [0.15, 0.2) is 5.69 Å². The molecular weight excluding hydrogens is 264 g/mol. The Hall–Kier alpha value is -2.43. The van der Waals surface area contributed by atoms with Crippen molar-refractivity contribution < 1.29 is 4.79 Å². The molecular formula is C16H20N4O. The number of aryl methyl sites for hydroxylation is 1. The fraction of sp³-hybridized carbons (Fsp3) is 0.312. The highest BCUT2D eigenvalue weighted by molar-refractivity contribution is 5.92. The number of amides is 1. The predicted octanol–water partition coefficient (Wildman–Crippen LogP) is 2.20. The van der Waals surface area contributed by atoms with Crippen molar-refractivity contribution in [2.24, 2.45) is 0 Å². The Bertz CT molecular complexity index is 593. The Labute approximate surface area is 124 Å². The topological polar surface area (TPSA) is 80.9 Å². The van der Waals surface area contributed by atoms with E-state index in [-0.39, 0.29) is 17.1 Å². The van der Waals surface area contributed by atoms with Crippen LogP contribution in [0.15, 0.2) is 42.5 Å². The summed E-state index contributed by atoms with van der Waals surface area (Å²) >= 11 is 0. The molecule has 110 valence electrons. The van der Waals surface area contributed by atoms with Crippen LogP contribution in [0, 0.1) is 0 Å². The summed E-state index contributed by atoms with van der Waals surface area (Å²) in [6, 6.07) is 13.3. The molecule has 0 fully saturated rings. The molecule has 0 saturated heterocycles. The van der Waals surface area contributed by atoms with Gasteiger partial charge in [-0.2, -0.15) is 0 Å². The van der Waals surface area contributed by atoms with Crippen molar-refractivity contribution in [2.45, 2.75) is 32.2 Å². The number of hydrogen-bond donors (Lipinski definition) is 2. The minimum absolute atomic E-state index is 0.236. The van der Waals surface area contributed by atoms with E-state index in [9.17, 15) is 4.79 Å². The molecule has 1 aromatic carbocycles. The van der Waals surface area contributed by atoms with Gasteiger partial charge < -0.3 is 11.1 Å². The van der Waals surface area contributed by atoms with Gasteiger partial charge in [-0.15, -0.1) is 10.2 Å². The molecule has 0 spiro atoms. The van der Waals surface area contributed by atoms with Crippen LogP contribution in [0.3, 0.4) is 0 Å². The van der Waals surface area contributed by atoms with Gasteiger partial charge in [0.1, 0.15) is 5.82 Å². The Kier molecular flexibility index (Phi) is 4.52. The molecule has 0 saturated carbocycles. The summed E-state index contributed by atoms with van der Waals surface area (Å²) in [5.41, 5.74) is 6.67. The van der Waals surface area contributed by atoms with Gasteiger partial charge in [-0.25, -0.2) is 0 Å². The number of hydrogen-bond acceptors (Lipinski definition) is 4. The molecule has 0 radical (unpaired) electrons. The fourth-order valence-corrected chi connectivity index (χ4v) is 2.00. The molecule has 1 aromatic heterocycles. The maximum atomic E-state index is 12.1. The molecule has 21 heavy (non-hydrogen) atoms. The number of nitrogen functional groups attached to an aromatic ring is 1. The highest BCUT2D eigenvalue weighted by Crippen LogP contribution is 2.14. The summed E-state index contributed by atoms with van der Waals surface area (Å²) in [7, 11) is 0. The molecule has 0 aliphatic carbocycles. The standard InChI is InChI=1S/C16H20N4O/c1-16(2,11-10-12-6-4-3-5-7-12)18-15(21)13-8-9-14(17)20-19-13/h3-9H,10-11H2,1-2H3,(H2,17,20)(H,18,21). The summed E-state index contributed by atoms with van der Waals surface area (Å²) in [6.07, 6.45) is 1.74.